The zero-order chi connectivity index (χ0) is 21.6. The van der Waals surface area contributed by atoms with E-state index in [0.29, 0.717) is 25.8 Å². The van der Waals surface area contributed by atoms with Gasteiger partial charge in [0.1, 0.15) is 0 Å². The Morgan fingerprint density at radius 3 is 2.30 bits per heavy atom. The molecule has 0 radical (unpaired) electrons. The molecule has 0 bridgehead atoms. The molecule has 2 rings (SSSR count). The highest BCUT2D eigenvalue weighted by Gasteiger charge is 2.18. The molecule has 2 heterocycles. The summed E-state index contributed by atoms with van der Waals surface area (Å²) in [5.41, 5.74) is 0. The number of aromatic nitrogens is 2. The molecule has 1 aliphatic heterocycles. The van der Waals surface area contributed by atoms with Crippen LogP contribution in [0.3, 0.4) is 0 Å². The van der Waals surface area contributed by atoms with Crippen molar-refractivity contribution in [2.75, 3.05) is 57.3 Å². The number of carbonyl (C=O) groups excluding carboxylic acids is 2. The molecular weight excluding hydrogens is 380 g/mol. The third kappa shape index (κ3) is 8.65. The highest BCUT2D eigenvalue weighted by molar-refractivity contribution is 5.78. The second-order valence-corrected chi connectivity index (χ2v) is 7.82. The van der Waals surface area contributed by atoms with Crippen LogP contribution in [0.1, 0.15) is 52.4 Å². The molecule has 0 spiro atoms. The number of nitrogens with one attached hydrogen (secondary N) is 1. The van der Waals surface area contributed by atoms with E-state index in [2.05, 4.69) is 38.9 Å². The van der Waals surface area contributed by atoms with Gasteiger partial charge in [0.05, 0.1) is 0 Å². The fourth-order valence-electron chi connectivity index (χ4n) is 3.70. The van der Waals surface area contributed by atoms with Crippen LogP contribution in [0.2, 0.25) is 0 Å². The molecule has 168 valence electrons. The first-order valence-corrected chi connectivity index (χ1v) is 11.4. The molecule has 0 saturated carbocycles. The molecule has 0 unspecified atom stereocenters. The Hall–Kier alpha value is -2.22. The summed E-state index contributed by atoms with van der Waals surface area (Å²) < 4.78 is 0. The Balaban J connectivity index is 1.52. The van der Waals surface area contributed by atoms with Crippen LogP contribution >= 0.6 is 0 Å². The molecule has 2 amide bonds. The Labute approximate surface area is 181 Å². The smallest absolute Gasteiger partial charge is 0.225 e. The number of carbonyl (C=O) groups is 2. The minimum atomic E-state index is 0.0476. The molecule has 8 nitrogen and oxygen atoms in total. The maximum atomic E-state index is 12.2. The van der Waals surface area contributed by atoms with Crippen molar-refractivity contribution in [3.05, 3.63) is 18.5 Å². The summed E-state index contributed by atoms with van der Waals surface area (Å²) in [6.45, 7) is 11.3. The first kappa shape index (κ1) is 24.1. The maximum Gasteiger partial charge on any atom is 0.225 e. The molecule has 8 heteroatoms. The number of amides is 2. The lowest BCUT2D eigenvalue weighted by Crippen LogP contribution is -2.47. The van der Waals surface area contributed by atoms with Crippen molar-refractivity contribution in [1.82, 2.24) is 25.1 Å². The van der Waals surface area contributed by atoms with E-state index in [1.807, 2.05) is 11.0 Å². The van der Waals surface area contributed by atoms with Gasteiger partial charge in [0, 0.05) is 71.0 Å². The van der Waals surface area contributed by atoms with E-state index >= 15 is 0 Å². The highest BCUT2D eigenvalue weighted by atomic mass is 16.2. The number of hydrogen-bond donors (Lipinski definition) is 1. The topological polar surface area (TPSA) is 81.7 Å². The first-order chi connectivity index (χ1) is 14.6. The molecule has 1 aromatic heterocycles. The quantitative estimate of drug-likeness (QED) is 0.493. The maximum absolute atomic E-state index is 12.2. The molecule has 0 aliphatic carbocycles. The number of rotatable bonds is 13. The predicted molar refractivity (Wildman–Crippen MR) is 119 cm³/mol. The van der Waals surface area contributed by atoms with Crippen LogP contribution in [0.5, 0.6) is 0 Å². The van der Waals surface area contributed by atoms with Gasteiger partial charge in [-0.1, -0.05) is 13.8 Å². The summed E-state index contributed by atoms with van der Waals surface area (Å²) >= 11 is 0. The van der Waals surface area contributed by atoms with Gasteiger partial charge < -0.3 is 15.1 Å². The van der Waals surface area contributed by atoms with Crippen molar-refractivity contribution in [3.63, 3.8) is 0 Å². The summed E-state index contributed by atoms with van der Waals surface area (Å²) in [5, 5.41) is 2.99. The third-order valence-corrected chi connectivity index (χ3v) is 5.31. The summed E-state index contributed by atoms with van der Waals surface area (Å²) in [5.74, 6) is 1.02. The average Bonchev–Trinajstić information content (AvgIpc) is 2.77. The predicted octanol–water partition coefficient (Wildman–Crippen LogP) is 1.92. The Morgan fingerprint density at radius 1 is 1.00 bits per heavy atom. The second kappa shape index (κ2) is 13.9. The van der Waals surface area contributed by atoms with E-state index in [4.69, 9.17) is 0 Å². The Morgan fingerprint density at radius 2 is 1.67 bits per heavy atom. The van der Waals surface area contributed by atoms with E-state index in [1.54, 1.807) is 12.4 Å². The first-order valence-electron chi connectivity index (χ1n) is 11.4. The van der Waals surface area contributed by atoms with Crippen LogP contribution in [-0.2, 0) is 9.59 Å². The van der Waals surface area contributed by atoms with Crippen LogP contribution in [0.15, 0.2) is 18.5 Å². The van der Waals surface area contributed by atoms with Crippen LogP contribution in [-0.4, -0.2) is 83.9 Å². The number of hydrogen-bond acceptors (Lipinski definition) is 6. The fraction of sp³-hybridized carbons (Fsp3) is 0.727. The summed E-state index contributed by atoms with van der Waals surface area (Å²) in [6, 6.07) is 1.83. The van der Waals surface area contributed by atoms with Gasteiger partial charge in [0.15, 0.2) is 0 Å². The van der Waals surface area contributed by atoms with Crippen LogP contribution in [0.25, 0.3) is 0 Å². The zero-order valence-corrected chi connectivity index (χ0v) is 18.7. The summed E-state index contributed by atoms with van der Waals surface area (Å²) in [6.07, 6.45) is 7.95. The van der Waals surface area contributed by atoms with Crippen molar-refractivity contribution in [2.45, 2.75) is 52.4 Å². The molecule has 1 saturated heterocycles. The summed E-state index contributed by atoms with van der Waals surface area (Å²) in [4.78, 5) is 39.4. The molecule has 0 atom stereocenters. The summed E-state index contributed by atoms with van der Waals surface area (Å²) in [7, 11) is 0. The van der Waals surface area contributed by atoms with Gasteiger partial charge in [0.2, 0.25) is 17.8 Å². The lowest BCUT2D eigenvalue weighted by Gasteiger charge is -2.34. The lowest BCUT2D eigenvalue weighted by atomic mass is 10.2. The average molecular weight is 419 g/mol. The Bertz CT molecular complexity index is 613. The largest absolute Gasteiger partial charge is 0.356 e. The third-order valence-electron chi connectivity index (χ3n) is 5.31. The van der Waals surface area contributed by atoms with E-state index in [1.165, 1.54) is 0 Å². The van der Waals surface area contributed by atoms with E-state index in [0.717, 1.165) is 71.0 Å². The number of piperazine rings is 1. The Kier molecular flexibility index (Phi) is 11.1. The van der Waals surface area contributed by atoms with E-state index in [9.17, 15) is 9.59 Å². The van der Waals surface area contributed by atoms with Crippen molar-refractivity contribution < 1.29 is 9.59 Å². The van der Waals surface area contributed by atoms with Crippen molar-refractivity contribution in [1.29, 1.82) is 0 Å². The fourth-order valence-corrected chi connectivity index (χ4v) is 3.70. The standard InChI is InChI=1S/C22H38N6O2/c1-3-13-27(14-4-2)21(30)9-5-8-20(29)23-12-7-15-26-16-18-28(19-17-26)22-24-10-6-11-25-22/h6,10-11H,3-5,7-9,12-19H2,1-2H3,(H,23,29). The molecule has 1 aliphatic rings. The molecule has 1 fully saturated rings. The van der Waals surface area contributed by atoms with Crippen molar-refractivity contribution in [2.24, 2.45) is 0 Å². The van der Waals surface area contributed by atoms with Crippen molar-refractivity contribution in [3.8, 4) is 0 Å². The second-order valence-electron chi connectivity index (χ2n) is 7.82. The van der Waals surface area contributed by atoms with Gasteiger partial charge in [0.25, 0.3) is 0 Å². The molecule has 1 aromatic rings. The monoisotopic (exact) mass is 418 g/mol. The highest BCUT2D eigenvalue weighted by Crippen LogP contribution is 2.09. The van der Waals surface area contributed by atoms with Gasteiger partial charge in [-0.2, -0.15) is 0 Å². The minimum absolute atomic E-state index is 0.0476. The molecule has 0 aromatic carbocycles. The molecular formula is C22H38N6O2. The van der Waals surface area contributed by atoms with E-state index in [-0.39, 0.29) is 11.8 Å². The number of anilines is 1. The van der Waals surface area contributed by atoms with Crippen molar-refractivity contribution >= 4 is 17.8 Å². The molecule has 1 N–H and O–H groups in total. The lowest BCUT2D eigenvalue weighted by molar-refractivity contribution is -0.131. The van der Waals surface area contributed by atoms with Crippen LogP contribution in [0.4, 0.5) is 5.95 Å². The molecule has 30 heavy (non-hydrogen) atoms. The van der Waals surface area contributed by atoms with Crippen LogP contribution in [0, 0.1) is 0 Å². The zero-order valence-electron chi connectivity index (χ0n) is 18.7. The minimum Gasteiger partial charge on any atom is -0.356 e. The van der Waals surface area contributed by atoms with Gasteiger partial charge in [-0.05, 0) is 38.3 Å². The van der Waals surface area contributed by atoms with E-state index < -0.39 is 0 Å². The van der Waals surface area contributed by atoms with Gasteiger partial charge in [-0.15, -0.1) is 0 Å². The normalized spacial score (nSPS) is 14.5. The number of nitrogens with zero attached hydrogens (tertiary/aromatic N) is 5. The van der Waals surface area contributed by atoms with Crippen LogP contribution < -0.4 is 10.2 Å². The SMILES string of the molecule is CCCN(CCC)C(=O)CCCC(=O)NCCCN1CCN(c2ncccn2)CC1. The van der Waals surface area contributed by atoms with Gasteiger partial charge in [-0.3, -0.25) is 14.5 Å². The van der Waals surface area contributed by atoms with Gasteiger partial charge >= 0.3 is 0 Å². The van der Waals surface area contributed by atoms with Gasteiger partial charge in [-0.25, -0.2) is 9.97 Å².